The SMILES string of the molecule is CN1CCN(CCCNc2cnc(-c3ccc(Cl)cc3)c(-c3ccc(Cl)cc3)n2)CC1. The Kier molecular flexibility index (Phi) is 7.41. The minimum atomic E-state index is 0.697. The number of nitrogens with one attached hydrogen (secondary N) is 1. The zero-order valence-corrected chi connectivity index (χ0v) is 19.2. The van der Waals surface area contributed by atoms with Gasteiger partial charge in [-0.05, 0) is 44.3 Å². The van der Waals surface area contributed by atoms with Crippen molar-refractivity contribution in [3.8, 4) is 22.5 Å². The molecule has 3 aromatic rings. The molecule has 31 heavy (non-hydrogen) atoms. The summed E-state index contributed by atoms with van der Waals surface area (Å²) in [4.78, 5) is 14.5. The van der Waals surface area contributed by atoms with E-state index < -0.39 is 0 Å². The Morgan fingerprint density at radius 1 is 0.839 bits per heavy atom. The Bertz CT molecular complexity index is 984. The zero-order valence-electron chi connectivity index (χ0n) is 17.7. The van der Waals surface area contributed by atoms with Crippen LogP contribution in [-0.2, 0) is 0 Å². The predicted molar refractivity (Wildman–Crippen MR) is 130 cm³/mol. The number of aromatic nitrogens is 2. The van der Waals surface area contributed by atoms with Crippen molar-refractivity contribution in [3.63, 3.8) is 0 Å². The van der Waals surface area contributed by atoms with Crippen molar-refractivity contribution in [2.24, 2.45) is 0 Å². The van der Waals surface area contributed by atoms with E-state index in [-0.39, 0.29) is 0 Å². The van der Waals surface area contributed by atoms with E-state index in [2.05, 4.69) is 22.2 Å². The third kappa shape index (κ3) is 5.95. The molecule has 0 aliphatic carbocycles. The molecule has 4 rings (SSSR count). The van der Waals surface area contributed by atoms with Gasteiger partial charge in [-0.3, -0.25) is 4.98 Å². The summed E-state index contributed by atoms with van der Waals surface area (Å²) >= 11 is 12.2. The van der Waals surface area contributed by atoms with Crippen molar-refractivity contribution in [2.75, 3.05) is 51.6 Å². The van der Waals surface area contributed by atoms with E-state index in [1.54, 1.807) is 6.20 Å². The molecule has 7 heteroatoms. The summed E-state index contributed by atoms with van der Waals surface area (Å²) in [5.41, 5.74) is 3.59. The number of rotatable bonds is 7. The molecule has 0 amide bonds. The highest BCUT2D eigenvalue weighted by molar-refractivity contribution is 6.31. The molecule has 1 aliphatic rings. The number of anilines is 1. The van der Waals surface area contributed by atoms with Crippen molar-refractivity contribution in [1.82, 2.24) is 19.8 Å². The molecule has 2 aromatic carbocycles. The number of likely N-dealkylation sites (N-methyl/N-ethyl adjacent to an activating group) is 1. The van der Waals surface area contributed by atoms with Gasteiger partial charge in [-0.15, -0.1) is 0 Å². The minimum absolute atomic E-state index is 0.697. The Labute approximate surface area is 194 Å². The molecule has 0 radical (unpaired) electrons. The maximum Gasteiger partial charge on any atom is 0.145 e. The van der Waals surface area contributed by atoms with E-state index in [1.165, 1.54) is 0 Å². The van der Waals surface area contributed by atoms with Gasteiger partial charge in [0.2, 0.25) is 0 Å². The lowest BCUT2D eigenvalue weighted by Crippen LogP contribution is -2.44. The molecule has 162 valence electrons. The topological polar surface area (TPSA) is 44.3 Å². The van der Waals surface area contributed by atoms with Gasteiger partial charge in [0.1, 0.15) is 5.82 Å². The van der Waals surface area contributed by atoms with Gasteiger partial charge in [0, 0.05) is 53.9 Å². The monoisotopic (exact) mass is 455 g/mol. The highest BCUT2D eigenvalue weighted by Crippen LogP contribution is 2.31. The smallest absolute Gasteiger partial charge is 0.145 e. The van der Waals surface area contributed by atoms with E-state index in [0.717, 1.165) is 74.0 Å². The van der Waals surface area contributed by atoms with Crippen LogP contribution < -0.4 is 5.32 Å². The largest absolute Gasteiger partial charge is 0.369 e. The lowest BCUT2D eigenvalue weighted by atomic mass is 10.0. The van der Waals surface area contributed by atoms with Gasteiger partial charge in [0.15, 0.2) is 0 Å². The van der Waals surface area contributed by atoms with Crippen LogP contribution in [0.3, 0.4) is 0 Å². The molecule has 2 heterocycles. The average molecular weight is 456 g/mol. The predicted octanol–water partition coefficient (Wildman–Crippen LogP) is 5.17. The van der Waals surface area contributed by atoms with Gasteiger partial charge in [0.25, 0.3) is 0 Å². The first-order valence-corrected chi connectivity index (χ1v) is 11.4. The summed E-state index contributed by atoms with van der Waals surface area (Å²) in [5, 5.41) is 4.84. The minimum Gasteiger partial charge on any atom is -0.369 e. The zero-order chi connectivity index (χ0) is 21.6. The highest BCUT2D eigenvalue weighted by Gasteiger charge is 2.14. The van der Waals surface area contributed by atoms with Gasteiger partial charge in [-0.25, -0.2) is 4.98 Å². The Balaban J connectivity index is 1.48. The normalized spacial score (nSPS) is 15.2. The second kappa shape index (κ2) is 10.4. The van der Waals surface area contributed by atoms with E-state index in [0.29, 0.717) is 10.0 Å². The maximum absolute atomic E-state index is 6.09. The molecule has 0 unspecified atom stereocenters. The summed E-state index contributed by atoms with van der Waals surface area (Å²) in [6.45, 7) is 6.55. The standard InChI is InChI=1S/C24H27Cl2N5/c1-30-13-15-31(16-14-30)12-2-11-27-22-17-28-23(18-3-7-20(25)8-4-18)24(29-22)19-5-9-21(26)10-6-19/h3-10,17H,2,11-16H2,1H3,(H,27,29). The Hall–Kier alpha value is -2.18. The number of piperazine rings is 1. The molecule has 1 saturated heterocycles. The molecule has 1 fully saturated rings. The fourth-order valence-corrected chi connectivity index (χ4v) is 3.94. The fraction of sp³-hybridized carbons (Fsp3) is 0.333. The van der Waals surface area contributed by atoms with Crippen molar-refractivity contribution in [2.45, 2.75) is 6.42 Å². The first-order chi connectivity index (χ1) is 15.1. The van der Waals surface area contributed by atoms with Crippen molar-refractivity contribution in [3.05, 3.63) is 64.8 Å². The van der Waals surface area contributed by atoms with Crippen LogP contribution >= 0.6 is 23.2 Å². The van der Waals surface area contributed by atoms with Gasteiger partial charge < -0.3 is 15.1 Å². The first-order valence-electron chi connectivity index (χ1n) is 10.6. The fourth-order valence-electron chi connectivity index (χ4n) is 3.69. The number of hydrogen-bond donors (Lipinski definition) is 1. The number of halogens is 2. The lowest BCUT2D eigenvalue weighted by molar-refractivity contribution is 0.154. The molecule has 0 atom stereocenters. The quantitative estimate of drug-likeness (QED) is 0.497. The van der Waals surface area contributed by atoms with Gasteiger partial charge in [-0.2, -0.15) is 0 Å². The molecule has 0 spiro atoms. The summed E-state index contributed by atoms with van der Waals surface area (Å²) in [6.07, 6.45) is 2.87. The average Bonchev–Trinajstić information content (AvgIpc) is 2.79. The number of nitrogens with zero attached hydrogens (tertiary/aromatic N) is 4. The second-order valence-electron chi connectivity index (χ2n) is 7.89. The third-order valence-electron chi connectivity index (χ3n) is 5.56. The van der Waals surface area contributed by atoms with Crippen LogP contribution in [0.1, 0.15) is 6.42 Å². The lowest BCUT2D eigenvalue weighted by Gasteiger charge is -2.32. The summed E-state index contributed by atoms with van der Waals surface area (Å²) in [6, 6.07) is 15.4. The summed E-state index contributed by atoms with van der Waals surface area (Å²) < 4.78 is 0. The molecule has 1 N–H and O–H groups in total. The third-order valence-corrected chi connectivity index (χ3v) is 6.06. The van der Waals surface area contributed by atoms with Crippen LogP contribution in [0.25, 0.3) is 22.5 Å². The Morgan fingerprint density at radius 3 is 2.03 bits per heavy atom. The van der Waals surface area contributed by atoms with E-state index in [4.69, 9.17) is 33.2 Å². The number of benzene rings is 2. The van der Waals surface area contributed by atoms with E-state index in [9.17, 15) is 0 Å². The second-order valence-corrected chi connectivity index (χ2v) is 8.76. The van der Waals surface area contributed by atoms with E-state index in [1.807, 2.05) is 48.5 Å². The summed E-state index contributed by atoms with van der Waals surface area (Å²) in [5.74, 6) is 0.779. The maximum atomic E-state index is 6.09. The molecule has 0 saturated carbocycles. The van der Waals surface area contributed by atoms with Crippen LogP contribution in [0.4, 0.5) is 5.82 Å². The van der Waals surface area contributed by atoms with Crippen molar-refractivity contribution in [1.29, 1.82) is 0 Å². The van der Waals surface area contributed by atoms with Crippen LogP contribution in [0.5, 0.6) is 0 Å². The highest BCUT2D eigenvalue weighted by atomic mass is 35.5. The van der Waals surface area contributed by atoms with Gasteiger partial charge >= 0.3 is 0 Å². The molecular formula is C24H27Cl2N5. The molecular weight excluding hydrogens is 429 g/mol. The first kappa shape index (κ1) is 22.0. The van der Waals surface area contributed by atoms with Gasteiger partial charge in [-0.1, -0.05) is 47.5 Å². The van der Waals surface area contributed by atoms with Crippen molar-refractivity contribution >= 4 is 29.0 Å². The van der Waals surface area contributed by atoms with Crippen LogP contribution in [0.15, 0.2) is 54.7 Å². The molecule has 1 aromatic heterocycles. The number of hydrogen-bond acceptors (Lipinski definition) is 5. The van der Waals surface area contributed by atoms with Crippen LogP contribution in [0.2, 0.25) is 10.0 Å². The van der Waals surface area contributed by atoms with E-state index >= 15 is 0 Å². The Morgan fingerprint density at radius 2 is 1.42 bits per heavy atom. The molecule has 1 aliphatic heterocycles. The molecule has 0 bridgehead atoms. The van der Waals surface area contributed by atoms with Crippen LogP contribution in [-0.4, -0.2) is 66.1 Å². The van der Waals surface area contributed by atoms with Crippen LogP contribution in [0, 0.1) is 0 Å². The van der Waals surface area contributed by atoms with Gasteiger partial charge in [0.05, 0.1) is 17.6 Å². The molecule has 5 nitrogen and oxygen atoms in total. The van der Waals surface area contributed by atoms with Crippen molar-refractivity contribution < 1.29 is 0 Å². The summed E-state index contributed by atoms with van der Waals surface area (Å²) in [7, 11) is 2.18.